The Hall–Kier alpha value is -2.30. The molecule has 2 aromatic rings. The fourth-order valence-corrected chi connectivity index (χ4v) is 1.64. The molecule has 1 aromatic carbocycles. The summed E-state index contributed by atoms with van der Waals surface area (Å²) in [4.78, 5) is 11.7. The van der Waals surface area contributed by atoms with E-state index in [1.54, 1.807) is 10.9 Å². The summed E-state index contributed by atoms with van der Waals surface area (Å²) in [5, 5.41) is 9.83. The van der Waals surface area contributed by atoms with Crippen LogP contribution in [0.15, 0.2) is 42.7 Å². The molecule has 19 heavy (non-hydrogen) atoms. The van der Waals surface area contributed by atoms with E-state index in [1.807, 2.05) is 50.4 Å². The van der Waals surface area contributed by atoms with Crippen LogP contribution in [0.25, 0.3) is 5.69 Å². The van der Waals surface area contributed by atoms with Crippen LogP contribution in [-0.4, -0.2) is 21.9 Å². The van der Waals surface area contributed by atoms with Crippen molar-refractivity contribution in [2.24, 2.45) is 0 Å². The van der Waals surface area contributed by atoms with Crippen molar-refractivity contribution in [2.75, 3.05) is 5.32 Å². The first-order valence-electron chi connectivity index (χ1n) is 6.36. The Morgan fingerprint density at radius 2 is 2.26 bits per heavy atom. The summed E-state index contributed by atoms with van der Waals surface area (Å²) in [7, 11) is 0. The zero-order valence-corrected chi connectivity index (χ0v) is 11.1. The zero-order valence-electron chi connectivity index (χ0n) is 11.1. The Kier molecular flexibility index (Phi) is 4.18. The van der Waals surface area contributed by atoms with Crippen LogP contribution in [0, 0.1) is 0 Å². The predicted molar refractivity (Wildman–Crippen MR) is 75.5 cm³/mol. The van der Waals surface area contributed by atoms with E-state index >= 15 is 0 Å². The minimum Gasteiger partial charge on any atom is -0.335 e. The van der Waals surface area contributed by atoms with Crippen molar-refractivity contribution in [3.63, 3.8) is 0 Å². The summed E-state index contributed by atoms with van der Waals surface area (Å²) in [6.07, 6.45) is 4.48. The number of carbonyl (C=O) groups is 1. The fraction of sp³-hybridized carbons (Fsp3) is 0.286. The first kappa shape index (κ1) is 13.1. The molecule has 1 atom stereocenters. The number of amides is 2. The molecule has 0 bridgehead atoms. The summed E-state index contributed by atoms with van der Waals surface area (Å²) >= 11 is 0. The molecule has 5 nitrogen and oxygen atoms in total. The van der Waals surface area contributed by atoms with E-state index in [9.17, 15) is 4.79 Å². The van der Waals surface area contributed by atoms with Crippen molar-refractivity contribution in [3.8, 4) is 5.69 Å². The molecule has 2 N–H and O–H groups in total. The van der Waals surface area contributed by atoms with Gasteiger partial charge in [-0.05, 0) is 37.6 Å². The molecule has 0 radical (unpaired) electrons. The number of aromatic nitrogens is 2. The van der Waals surface area contributed by atoms with Gasteiger partial charge in [0.2, 0.25) is 0 Å². The van der Waals surface area contributed by atoms with Crippen LogP contribution in [0.2, 0.25) is 0 Å². The van der Waals surface area contributed by atoms with Gasteiger partial charge in [0.25, 0.3) is 0 Å². The van der Waals surface area contributed by atoms with Crippen LogP contribution in [0.4, 0.5) is 10.5 Å². The number of anilines is 1. The lowest BCUT2D eigenvalue weighted by atomic mass is 10.2. The van der Waals surface area contributed by atoms with Gasteiger partial charge in [-0.15, -0.1) is 0 Å². The molecule has 0 spiro atoms. The molecule has 0 fully saturated rings. The molecule has 0 saturated heterocycles. The predicted octanol–water partition coefficient (Wildman–Crippen LogP) is 2.79. The van der Waals surface area contributed by atoms with E-state index in [2.05, 4.69) is 15.7 Å². The summed E-state index contributed by atoms with van der Waals surface area (Å²) in [5.74, 6) is 0. The Bertz CT molecular complexity index is 536. The summed E-state index contributed by atoms with van der Waals surface area (Å²) in [6.45, 7) is 4.00. The highest BCUT2D eigenvalue weighted by atomic mass is 16.2. The SMILES string of the molecule is CC[C@H](C)NC(=O)Nc1cccc(-n2cccn2)c1. The Morgan fingerprint density at radius 3 is 2.95 bits per heavy atom. The third-order valence-electron chi connectivity index (χ3n) is 2.86. The number of urea groups is 1. The van der Waals surface area contributed by atoms with Crippen molar-refractivity contribution in [2.45, 2.75) is 26.3 Å². The lowest BCUT2D eigenvalue weighted by Crippen LogP contribution is -2.35. The molecule has 100 valence electrons. The molecule has 5 heteroatoms. The van der Waals surface area contributed by atoms with Gasteiger partial charge in [0.15, 0.2) is 0 Å². The van der Waals surface area contributed by atoms with Crippen LogP contribution in [-0.2, 0) is 0 Å². The largest absolute Gasteiger partial charge is 0.335 e. The van der Waals surface area contributed by atoms with Crippen molar-refractivity contribution < 1.29 is 4.79 Å². The minimum atomic E-state index is -0.188. The highest BCUT2D eigenvalue weighted by Crippen LogP contribution is 2.13. The van der Waals surface area contributed by atoms with Gasteiger partial charge in [0.1, 0.15) is 0 Å². The maximum Gasteiger partial charge on any atom is 0.319 e. The average Bonchev–Trinajstić information content (AvgIpc) is 2.92. The Morgan fingerprint density at radius 1 is 1.42 bits per heavy atom. The van der Waals surface area contributed by atoms with Gasteiger partial charge in [-0.3, -0.25) is 0 Å². The lowest BCUT2D eigenvalue weighted by molar-refractivity contribution is 0.249. The Labute approximate surface area is 112 Å². The smallest absolute Gasteiger partial charge is 0.319 e. The van der Waals surface area contributed by atoms with Crippen molar-refractivity contribution >= 4 is 11.7 Å². The number of nitrogens with one attached hydrogen (secondary N) is 2. The van der Waals surface area contributed by atoms with Gasteiger partial charge < -0.3 is 10.6 Å². The van der Waals surface area contributed by atoms with Crippen LogP contribution in [0.3, 0.4) is 0 Å². The number of hydrogen-bond acceptors (Lipinski definition) is 2. The molecule has 0 saturated carbocycles. The molecule has 0 aliphatic carbocycles. The number of benzene rings is 1. The molecule has 0 aliphatic rings. The third kappa shape index (κ3) is 3.58. The van der Waals surface area contributed by atoms with E-state index in [0.29, 0.717) is 0 Å². The summed E-state index contributed by atoms with van der Waals surface area (Å²) in [6, 6.07) is 9.38. The van der Waals surface area contributed by atoms with Gasteiger partial charge in [0.05, 0.1) is 5.69 Å². The normalized spacial score (nSPS) is 11.9. The van der Waals surface area contributed by atoms with Gasteiger partial charge in [-0.25, -0.2) is 9.48 Å². The first-order chi connectivity index (χ1) is 9.19. The van der Waals surface area contributed by atoms with E-state index in [1.165, 1.54) is 0 Å². The highest BCUT2D eigenvalue weighted by Gasteiger charge is 2.06. The molecule has 1 aromatic heterocycles. The second-order valence-corrected chi connectivity index (χ2v) is 4.41. The topological polar surface area (TPSA) is 59.0 Å². The van der Waals surface area contributed by atoms with Gasteiger partial charge >= 0.3 is 6.03 Å². The number of rotatable bonds is 4. The highest BCUT2D eigenvalue weighted by molar-refractivity contribution is 5.89. The van der Waals surface area contributed by atoms with E-state index in [-0.39, 0.29) is 12.1 Å². The van der Waals surface area contributed by atoms with Crippen molar-refractivity contribution in [3.05, 3.63) is 42.7 Å². The van der Waals surface area contributed by atoms with Crippen LogP contribution in [0.5, 0.6) is 0 Å². The fourth-order valence-electron chi connectivity index (χ4n) is 1.64. The molecular weight excluding hydrogens is 240 g/mol. The van der Waals surface area contributed by atoms with Gasteiger partial charge in [-0.1, -0.05) is 13.0 Å². The van der Waals surface area contributed by atoms with E-state index in [0.717, 1.165) is 17.8 Å². The average molecular weight is 258 g/mol. The number of nitrogens with zero attached hydrogens (tertiary/aromatic N) is 2. The monoisotopic (exact) mass is 258 g/mol. The summed E-state index contributed by atoms with van der Waals surface area (Å²) < 4.78 is 1.75. The van der Waals surface area contributed by atoms with Crippen LogP contribution in [0.1, 0.15) is 20.3 Å². The molecular formula is C14H18N4O. The van der Waals surface area contributed by atoms with Crippen LogP contribution >= 0.6 is 0 Å². The molecule has 2 rings (SSSR count). The third-order valence-corrected chi connectivity index (χ3v) is 2.86. The lowest BCUT2D eigenvalue weighted by Gasteiger charge is -2.13. The number of hydrogen-bond donors (Lipinski definition) is 2. The molecule has 2 amide bonds. The Balaban J connectivity index is 2.05. The van der Waals surface area contributed by atoms with Crippen molar-refractivity contribution in [1.29, 1.82) is 0 Å². The van der Waals surface area contributed by atoms with Gasteiger partial charge in [0, 0.05) is 24.1 Å². The van der Waals surface area contributed by atoms with Gasteiger partial charge in [-0.2, -0.15) is 5.10 Å². The second kappa shape index (κ2) is 6.04. The summed E-state index contributed by atoms with van der Waals surface area (Å²) in [5.41, 5.74) is 1.65. The van der Waals surface area contributed by atoms with E-state index in [4.69, 9.17) is 0 Å². The maximum atomic E-state index is 11.7. The van der Waals surface area contributed by atoms with Crippen molar-refractivity contribution in [1.82, 2.24) is 15.1 Å². The van der Waals surface area contributed by atoms with Crippen LogP contribution < -0.4 is 10.6 Å². The second-order valence-electron chi connectivity index (χ2n) is 4.41. The number of carbonyl (C=O) groups excluding carboxylic acids is 1. The maximum absolute atomic E-state index is 11.7. The quantitative estimate of drug-likeness (QED) is 0.886. The first-order valence-corrected chi connectivity index (χ1v) is 6.36. The molecule has 1 heterocycles. The molecule has 0 aliphatic heterocycles. The molecule has 0 unspecified atom stereocenters. The standard InChI is InChI=1S/C14H18N4O/c1-3-11(2)16-14(19)17-12-6-4-7-13(10-12)18-9-5-8-15-18/h4-11H,3H2,1-2H3,(H2,16,17,19)/t11-/m0/s1. The minimum absolute atomic E-state index is 0.161. The zero-order chi connectivity index (χ0) is 13.7. The van der Waals surface area contributed by atoms with E-state index < -0.39 is 0 Å².